The van der Waals surface area contributed by atoms with E-state index in [0.29, 0.717) is 0 Å². The van der Waals surface area contributed by atoms with Crippen LogP contribution >= 0.6 is 15.9 Å². The van der Waals surface area contributed by atoms with Crippen LogP contribution in [0.25, 0.3) is 0 Å². The Bertz CT molecular complexity index is 514. The Hall–Kier alpha value is -1.50. The van der Waals surface area contributed by atoms with Crippen molar-refractivity contribution in [2.24, 2.45) is 5.92 Å². The molecule has 1 rings (SSSR count). The molecule has 1 aromatic rings. The zero-order valence-corrected chi connectivity index (χ0v) is 12.9. The SMILES string of the molecule is CNC(=O)C(C)CN(C)C(=O)c1c(F)cc(Br)cc1F. The first-order valence-electron chi connectivity index (χ1n) is 5.89. The molecule has 0 fully saturated rings. The van der Waals surface area contributed by atoms with E-state index in [-0.39, 0.29) is 16.9 Å². The number of rotatable bonds is 4. The lowest BCUT2D eigenvalue weighted by atomic mass is 10.1. The Morgan fingerprint density at radius 2 is 1.85 bits per heavy atom. The van der Waals surface area contributed by atoms with E-state index < -0.39 is 29.0 Å². The molecule has 2 amide bonds. The number of nitrogens with one attached hydrogen (secondary N) is 1. The van der Waals surface area contributed by atoms with Crippen molar-refractivity contribution in [1.29, 1.82) is 0 Å². The average molecular weight is 349 g/mol. The Morgan fingerprint density at radius 3 is 2.30 bits per heavy atom. The minimum atomic E-state index is -0.943. The van der Waals surface area contributed by atoms with Gasteiger partial charge in [-0.2, -0.15) is 0 Å². The maximum atomic E-state index is 13.7. The second-order valence-electron chi connectivity index (χ2n) is 4.45. The summed E-state index contributed by atoms with van der Waals surface area (Å²) in [7, 11) is 2.87. The molecule has 7 heteroatoms. The number of hydrogen-bond acceptors (Lipinski definition) is 2. The van der Waals surface area contributed by atoms with E-state index in [2.05, 4.69) is 21.2 Å². The molecule has 0 aliphatic carbocycles. The lowest BCUT2D eigenvalue weighted by Crippen LogP contribution is -2.38. The van der Waals surface area contributed by atoms with Crippen LogP contribution in [0.3, 0.4) is 0 Å². The molecular weight excluding hydrogens is 334 g/mol. The van der Waals surface area contributed by atoms with Gasteiger partial charge in [0.05, 0.1) is 5.92 Å². The summed E-state index contributed by atoms with van der Waals surface area (Å²) in [6.07, 6.45) is 0. The van der Waals surface area contributed by atoms with Gasteiger partial charge in [0.2, 0.25) is 5.91 Å². The third kappa shape index (κ3) is 3.75. The number of hydrogen-bond donors (Lipinski definition) is 1. The Labute approximate surface area is 124 Å². The summed E-state index contributed by atoms with van der Waals surface area (Å²) in [6.45, 7) is 1.68. The van der Waals surface area contributed by atoms with E-state index in [0.717, 1.165) is 17.0 Å². The van der Waals surface area contributed by atoms with Crippen LogP contribution in [0.5, 0.6) is 0 Å². The van der Waals surface area contributed by atoms with E-state index in [9.17, 15) is 18.4 Å². The monoisotopic (exact) mass is 348 g/mol. The molecule has 0 aliphatic rings. The number of carbonyl (C=O) groups is 2. The van der Waals surface area contributed by atoms with E-state index in [1.165, 1.54) is 14.1 Å². The highest BCUT2D eigenvalue weighted by atomic mass is 79.9. The number of nitrogens with zero attached hydrogens (tertiary/aromatic N) is 1. The summed E-state index contributed by atoms with van der Waals surface area (Å²) in [5.41, 5.74) is -0.625. The van der Waals surface area contributed by atoms with E-state index in [1.54, 1.807) is 6.92 Å². The summed E-state index contributed by atoms with van der Waals surface area (Å²) in [6, 6.07) is 2.04. The van der Waals surface area contributed by atoms with Crippen LogP contribution in [0.1, 0.15) is 17.3 Å². The first kappa shape index (κ1) is 16.6. The summed E-state index contributed by atoms with van der Waals surface area (Å²) in [5, 5.41) is 2.45. The minimum absolute atomic E-state index is 0.0629. The lowest BCUT2D eigenvalue weighted by molar-refractivity contribution is -0.124. The average Bonchev–Trinajstić information content (AvgIpc) is 2.36. The molecule has 4 nitrogen and oxygen atoms in total. The highest BCUT2D eigenvalue weighted by molar-refractivity contribution is 9.10. The van der Waals surface area contributed by atoms with Gasteiger partial charge in [0.15, 0.2) is 0 Å². The van der Waals surface area contributed by atoms with Gasteiger partial charge < -0.3 is 10.2 Å². The fourth-order valence-corrected chi connectivity index (χ4v) is 2.16. The molecule has 0 aromatic heterocycles. The van der Waals surface area contributed by atoms with Gasteiger partial charge in [-0.15, -0.1) is 0 Å². The first-order valence-corrected chi connectivity index (χ1v) is 6.68. The Kier molecular flexibility index (Phi) is 5.62. The maximum Gasteiger partial charge on any atom is 0.259 e. The molecule has 110 valence electrons. The van der Waals surface area contributed by atoms with Crippen LogP contribution in [0, 0.1) is 17.6 Å². The largest absolute Gasteiger partial charge is 0.359 e. The molecule has 20 heavy (non-hydrogen) atoms. The number of benzene rings is 1. The molecule has 0 spiro atoms. The Morgan fingerprint density at radius 1 is 1.35 bits per heavy atom. The zero-order chi connectivity index (χ0) is 15.4. The molecular formula is C13H15BrF2N2O2. The molecule has 0 aliphatic heterocycles. The normalized spacial score (nSPS) is 11.9. The van der Waals surface area contributed by atoms with Crippen molar-refractivity contribution in [2.75, 3.05) is 20.6 Å². The van der Waals surface area contributed by atoms with Crippen LogP contribution in [-0.2, 0) is 4.79 Å². The predicted molar refractivity (Wildman–Crippen MR) is 74.2 cm³/mol. The summed E-state index contributed by atoms with van der Waals surface area (Å²) in [5.74, 6) is -3.41. The molecule has 1 N–H and O–H groups in total. The third-order valence-electron chi connectivity index (χ3n) is 2.81. The summed E-state index contributed by atoms with van der Waals surface area (Å²) >= 11 is 2.94. The number of halogens is 3. The van der Waals surface area contributed by atoms with E-state index in [4.69, 9.17) is 0 Å². The van der Waals surface area contributed by atoms with Gasteiger partial charge in [0, 0.05) is 25.1 Å². The van der Waals surface area contributed by atoms with E-state index >= 15 is 0 Å². The van der Waals surface area contributed by atoms with Crippen LogP contribution in [0.15, 0.2) is 16.6 Å². The topological polar surface area (TPSA) is 49.4 Å². The maximum absolute atomic E-state index is 13.7. The molecule has 1 unspecified atom stereocenters. The second kappa shape index (κ2) is 6.78. The van der Waals surface area contributed by atoms with Crippen molar-refractivity contribution < 1.29 is 18.4 Å². The van der Waals surface area contributed by atoms with Gasteiger partial charge in [-0.05, 0) is 12.1 Å². The Balaban J connectivity index is 2.93. The minimum Gasteiger partial charge on any atom is -0.359 e. The molecule has 0 radical (unpaired) electrons. The standard InChI is InChI=1S/C13H15BrF2N2O2/c1-7(12(19)17-2)6-18(3)13(20)11-9(15)4-8(14)5-10(11)16/h4-5,7H,6H2,1-3H3,(H,17,19). The van der Waals surface area contributed by atoms with Gasteiger partial charge in [0.1, 0.15) is 17.2 Å². The fourth-order valence-electron chi connectivity index (χ4n) is 1.76. The van der Waals surface area contributed by atoms with Crippen molar-refractivity contribution in [3.63, 3.8) is 0 Å². The molecule has 0 bridgehead atoms. The van der Waals surface area contributed by atoms with Crippen LogP contribution < -0.4 is 5.32 Å². The number of carbonyl (C=O) groups excluding carboxylic acids is 2. The van der Waals surface area contributed by atoms with Crippen molar-refractivity contribution >= 4 is 27.7 Å². The predicted octanol–water partition coefficient (Wildman–Crippen LogP) is 2.18. The molecule has 0 saturated heterocycles. The van der Waals surface area contributed by atoms with Gasteiger partial charge in [-0.25, -0.2) is 8.78 Å². The zero-order valence-electron chi connectivity index (χ0n) is 11.3. The van der Waals surface area contributed by atoms with Crippen molar-refractivity contribution in [3.8, 4) is 0 Å². The van der Waals surface area contributed by atoms with Gasteiger partial charge >= 0.3 is 0 Å². The van der Waals surface area contributed by atoms with Crippen molar-refractivity contribution in [2.45, 2.75) is 6.92 Å². The summed E-state index contributed by atoms with van der Waals surface area (Å²) in [4.78, 5) is 24.5. The van der Waals surface area contributed by atoms with Gasteiger partial charge in [-0.3, -0.25) is 9.59 Å². The molecule has 1 atom stereocenters. The van der Waals surface area contributed by atoms with E-state index in [1.807, 2.05) is 0 Å². The fraction of sp³-hybridized carbons (Fsp3) is 0.385. The van der Waals surface area contributed by atoms with Crippen LogP contribution in [0.2, 0.25) is 0 Å². The molecule has 1 aromatic carbocycles. The highest BCUT2D eigenvalue weighted by Crippen LogP contribution is 2.20. The lowest BCUT2D eigenvalue weighted by Gasteiger charge is -2.21. The van der Waals surface area contributed by atoms with Crippen LogP contribution in [-0.4, -0.2) is 37.4 Å². The first-order chi connectivity index (χ1) is 9.27. The number of amides is 2. The van der Waals surface area contributed by atoms with Crippen LogP contribution in [0.4, 0.5) is 8.78 Å². The van der Waals surface area contributed by atoms with Crippen molar-refractivity contribution in [1.82, 2.24) is 10.2 Å². The van der Waals surface area contributed by atoms with Gasteiger partial charge in [0.25, 0.3) is 5.91 Å². The van der Waals surface area contributed by atoms with Gasteiger partial charge in [-0.1, -0.05) is 22.9 Å². The highest BCUT2D eigenvalue weighted by Gasteiger charge is 2.24. The quantitative estimate of drug-likeness (QED) is 0.906. The molecule has 0 saturated carbocycles. The smallest absolute Gasteiger partial charge is 0.259 e. The molecule has 0 heterocycles. The third-order valence-corrected chi connectivity index (χ3v) is 3.27. The summed E-state index contributed by atoms with van der Waals surface area (Å²) < 4.78 is 27.6. The van der Waals surface area contributed by atoms with Crippen molar-refractivity contribution in [3.05, 3.63) is 33.8 Å². The second-order valence-corrected chi connectivity index (χ2v) is 5.36.